The number of fused-ring (bicyclic) bond motifs is 1. The van der Waals surface area contributed by atoms with Crippen LogP contribution in [0.15, 0.2) is 12.7 Å². The van der Waals surface area contributed by atoms with Crippen molar-refractivity contribution in [2.45, 2.75) is 24.5 Å². The van der Waals surface area contributed by atoms with E-state index >= 15 is 0 Å². The van der Waals surface area contributed by atoms with Crippen LogP contribution in [-0.4, -0.2) is 54.9 Å². The maximum absolute atomic E-state index is 10.1. The highest BCUT2D eigenvalue weighted by atomic mass is 32.2. The van der Waals surface area contributed by atoms with Gasteiger partial charge in [-0.3, -0.25) is 4.57 Å². The molecule has 0 aliphatic carbocycles. The number of anilines is 1. The van der Waals surface area contributed by atoms with Gasteiger partial charge in [-0.2, -0.15) is 11.8 Å². The van der Waals surface area contributed by atoms with E-state index in [1.165, 1.54) is 6.33 Å². The van der Waals surface area contributed by atoms with Crippen LogP contribution in [0.5, 0.6) is 0 Å². The fraction of sp³-hybridized carbons (Fsp3) is 0.545. The smallest absolute Gasteiger partial charge is 0.167 e. The van der Waals surface area contributed by atoms with E-state index in [1.54, 1.807) is 22.7 Å². The molecular weight excluding hydrogens is 280 g/mol. The van der Waals surface area contributed by atoms with Crippen LogP contribution in [-0.2, 0) is 4.74 Å². The highest BCUT2D eigenvalue weighted by molar-refractivity contribution is 7.98. The van der Waals surface area contributed by atoms with Gasteiger partial charge >= 0.3 is 0 Å². The Hall–Kier alpha value is -1.42. The number of aliphatic hydroxyl groups is 1. The molecule has 1 aliphatic rings. The van der Waals surface area contributed by atoms with Crippen LogP contribution in [0.1, 0.15) is 6.23 Å². The van der Waals surface area contributed by atoms with Crippen molar-refractivity contribution < 1.29 is 9.84 Å². The highest BCUT2D eigenvalue weighted by Gasteiger charge is 2.42. The number of rotatable bonds is 3. The molecule has 20 heavy (non-hydrogen) atoms. The number of hydrogen-bond acceptors (Lipinski definition) is 8. The van der Waals surface area contributed by atoms with Crippen LogP contribution in [0.3, 0.4) is 0 Å². The maximum atomic E-state index is 10.1. The van der Waals surface area contributed by atoms with Crippen molar-refractivity contribution in [3.05, 3.63) is 12.7 Å². The third-order valence-corrected chi connectivity index (χ3v) is 4.07. The Labute approximate surface area is 119 Å². The summed E-state index contributed by atoms with van der Waals surface area (Å²) in [7, 11) is 0. The van der Waals surface area contributed by atoms with Crippen molar-refractivity contribution in [3.8, 4) is 0 Å². The van der Waals surface area contributed by atoms with Crippen molar-refractivity contribution in [1.82, 2.24) is 19.5 Å². The second kappa shape index (κ2) is 5.17. The summed E-state index contributed by atoms with van der Waals surface area (Å²) in [5.41, 5.74) is 12.9. The molecule has 1 saturated heterocycles. The number of aliphatic hydroxyl groups excluding tert-OH is 1. The lowest BCUT2D eigenvalue weighted by atomic mass is 10.1. The molecular formula is C11H16N6O2S. The summed E-state index contributed by atoms with van der Waals surface area (Å²) in [6, 6.07) is -0.541. The zero-order valence-corrected chi connectivity index (χ0v) is 11.7. The fourth-order valence-corrected chi connectivity index (χ4v) is 2.98. The summed E-state index contributed by atoms with van der Waals surface area (Å²) >= 11 is 1.60. The first-order chi connectivity index (χ1) is 9.63. The van der Waals surface area contributed by atoms with E-state index in [2.05, 4.69) is 15.0 Å². The van der Waals surface area contributed by atoms with E-state index < -0.39 is 18.4 Å². The van der Waals surface area contributed by atoms with E-state index in [0.717, 1.165) is 0 Å². The minimum Gasteiger partial charge on any atom is -0.389 e. The van der Waals surface area contributed by atoms with Gasteiger partial charge in [0.15, 0.2) is 17.7 Å². The number of nitrogens with zero attached hydrogens (tertiary/aromatic N) is 4. The molecule has 0 radical (unpaired) electrons. The van der Waals surface area contributed by atoms with Gasteiger partial charge < -0.3 is 21.3 Å². The molecule has 1 aliphatic heterocycles. The molecule has 4 atom stereocenters. The number of imidazole rings is 1. The summed E-state index contributed by atoms with van der Waals surface area (Å²) in [4.78, 5) is 12.2. The first-order valence-corrected chi connectivity index (χ1v) is 7.54. The molecule has 108 valence electrons. The lowest BCUT2D eigenvalue weighted by molar-refractivity contribution is -0.00491. The largest absolute Gasteiger partial charge is 0.389 e. The minimum atomic E-state index is -0.718. The third-order valence-electron chi connectivity index (χ3n) is 3.41. The molecule has 2 aromatic rings. The fourth-order valence-electron chi connectivity index (χ4n) is 2.38. The highest BCUT2D eigenvalue weighted by Crippen LogP contribution is 2.31. The first-order valence-electron chi connectivity index (χ1n) is 6.14. The van der Waals surface area contributed by atoms with Crippen LogP contribution in [0, 0.1) is 0 Å². The lowest BCUT2D eigenvalue weighted by Gasteiger charge is -2.17. The predicted octanol–water partition coefficient (Wildman–Crippen LogP) is -0.643. The zero-order chi connectivity index (χ0) is 14.3. The monoisotopic (exact) mass is 296 g/mol. The van der Waals surface area contributed by atoms with Crippen molar-refractivity contribution in [3.63, 3.8) is 0 Å². The van der Waals surface area contributed by atoms with Crippen molar-refractivity contribution in [2.24, 2.45) is 5.73 Å². The Kier molecular flexibility index (Phi) is 3.50. The van der Waals surface area contributed by atoms with Gasteiger partial charge in [-0.05, 0) is 6.26 Å². The van der Waals surface area contributed by atoms with Gasteiger partial charge in [-0.25, -0.2) is 15.0 Å². The van der Waals surface area contributed by atoms with Gasteiger partial charge in [0.25, 0.3) is 0 Å². The standard InChI is InChI=1S/C11H16N6O2S/c1-20-2-5-8(18)6(12)11(19-5)17-4-16-7-9(13)14-3-15-10(7)17/h3-6,8,11,18H,2,12H2,1H3,(H2,13,14,15)/t5-,6-,8-,11-/m1/s1. The molecule has 3 heterocycles. The Balaban J connectivity index is 1.97. The predicted molar refractivity (Wildman–Crippen MR) is 76.0 cm³/mol. The second-order valence-corrected chi connectivity index (χ2v) is 5.58. The number of hydrogen-bond donors (Lipinski definition) is 3. The average Bonchev–Trinajstić information content (AvgIpc) is 2.97. The molecule has 2 aromatic heterocycles. The van der Waals surface area contributed by atoms with Crippen molar-refractivity contribution >= 4 is 28.7 Å². The summed E-state index contributed by atoms with van der Waals surface area (Å²) < 4.78 is 7.54. The first kappa shape index (κ1) is 13.6. The Bertz CT molecular complexity index is 620. The second-order valence-electron chi connectivity index (χ2n) is 4.67. The van der Waals surface area contributed by atoms with E-state index in [9.17, 15) is 5.11 Å². The number of thioether (sulfide) groups is 1. The Morgan fingerprint density at radius 1 is 1.45 bits per heavy atom. The van der Waals surface area contributed by atoms with Gasteiger partial charge in [-0.15, -0.1) is 0 Å². The third kappa shape index (κ3) is 2.03. The van der Waals surface area contributed by atoms with Crippen LogP contribution in [0.4, 0.5) is 5.82 Å². The van der Waals surface area contributed by atoms with Gasteiger partial charge in [0.1, 0.15) is 17.9 Å². The van der Waals surface area contributed by atoms with Gasteiger partial charge in [0, 0.05) is 5.75 Å². The summed E-state index contributed by atoms with van der Waals surface area (Å²) in [5.74, 6) is 0.983. The van der Waals surface area contributed by atoms with E-state index in [1.807, 2.05) is 6.26 Å². The topological polar surface area (TPSA) is 125 Å². The van der Waals surface area contributed by atoms with Crippen LogP contribution in [0.25, 0.3) is 11.2 Å². The molecule has 9 heteroatoms. The van der Waals surface area contributed by atoms with Gasteiger partial charge in [-0.1, -0.05) is 0 Å². The molecule has 0 amide bonds. The van der Waals surface area contributed by atoms with Crippen LogP contribution < -0.4 is 11.5 Å². The SMILES string of the molecule is CSC[C@H]1O[C@@H](n2cnc3c(N)ncnc32)[C@H](N)[C@@H]1O. The molecule has 0 unspecified atom stereocenters. The number of ether oxygens (including phenoxy) is 1. The molecule has 1 fully saturated rings. The quantitative estimate of drug-likeness (QED) is 0.683. The molecule has 0 aromatic carbocycles. The van der Waals surface area contributed by atoms with E-state index in [0.29, 0.717) is 22.7 Å². The lowest BCUT2D eigenvalue weighted by Crippen LogP contribution is -2.39. The maximum Gasteiger partial charge on any atom is 0.167 e. The van der Waals surface area contributed by atoms with E-state index in [4.69, 9.17) is 16.2 Å². The van der Waals surface area contributed by atoms with Crippen molar-refractivity contribution in [2.75, 3.05) is 17.7 Å². The Morgan fingerprint density at radius 3 is 3.00 bits per heavy atom. The van der Waals surface area contributed by atoms with Gasteiger partial charge in [0.2, 0.25) is 0 Å². The number of aromatic nitrogens is 4. The van der Waals surface area contributed by atoms with E-state index in [-0.39, 0.29) is 6.10 Å². The number of nitrogens with two attached hydrogens (primary N) is 2. The van der Waals surface area contributed by atoms with Crippen LogP contribution in [0.2, 0.25) is 0 Å². The molecule has 0 bridgehead atoms. The Morgan fingerprint density at radius 2 is 2.25 bits per heavy atom. The molecule has 0 spiro atoms. The molecule has 8 nitrogen and oxygen atoms in total. The molecule has 3 rings (SSSR count). The molecule has 5 N–H and O–H groups in total. The normalized spacial score (nSPS) is 30.1. The zero-order valence-electron chi connectivity index (χ0n) is 10.9. The molecule has 0 saturated carbocycles. The van der Waals surface area contributed by atoms with Gasteiger partial charge in [0.05, 0.1) is 18.5 Å². The minimum absolute atomic E-state index is 0.304. The summed E-state index contributed by atoms with van der Waals surface area (Å²) in [6.07, 6.45) is 3.35. The van der Waals surface area contributed by atoms with Crippen molar-refractivity contribution in [1.29, 1.82) is 0 Å². The average molecular weight is 296 g/mol. The van der Waals surface area contributed by atoms with Crippen LogP contribution >= 0.6 is 11.8 Å². The summed E-state index contributed by atoms with van der Waals surface area (Å²) in [5, 5.41) is 10.1. The summed E-state index contributed by atoms with van der Waals surface area (Å²) in [6.45, 7) is 0. The number of nitrogen functional groups attached to an aromatic ring is 1.